The molecular weight excluding hydrogens is 290 g/mol. The van der Waals surface area contributed by atoms with E-state index in [4.69, 9.17) is 28.9 Å². The highest BCUT2D eigenvalue weighted by Gasteiger charge is 2.38. The van der Waals surface area contributed by atoms with Crippen LogP contribution >= 0.6 is 23.2 Å². The van der Waals surface area contributed by atoms with E-state index in [1.54, 1.807) is 0 Å². The Bertz CT molecular complexity index is 572. The number of aromatic nitrogens is 2. The Kier molecular flexibility index (Phi) is 3.16. The normalized spacial score (nSPS) is 11.8. The molecular formula is C10H6Cl2F3N3. The molecule has 3 nitrogen and oxygen atoms in total. The molecule has 0 fully saturated rings. The molecule has 2 N–H and O–H groups in total. The molecule has 1 aromatic carbocycles. The van der Waals surface area contributed by atoms with E-state index in [9.17, 15) is 13.2 Å². The van der Waals surface area contributed by atoms with Gasteiger partial charge in [0.25, 0.3) is 0 Å². The van der Waals surface area contributed by atoms with Crippen molar-refractivity contribution in [3.05, 3.63) is 40.1 Å². The Hall–Kier alpha value is -1.40. The third-order valence-corrected chi connectivity index (χ3v) is 2.59. The molecule has 0 aliphatic heterocycles. The first-order valence-electron chi connectivity index (χ1n) is 4.66. The predicted molar refractivity (Wildman–Crippen MR) is 63.0 cm³/mol. The topological polar surface area (TPSA) is 43.8 Å². The Morgan fingerprint density at radius 2 is 1.67 bits per heavy atom. The summed E-state index contributed by atoms with van der Waals surface area (Å²) in [5.41, 5.74) is 3.85. The summed E-state index contributed by atoms with van der Waals surface area (Å²) in [6.45, 7) is 0. The number of halogens is 5. The van der Waals surface area contributed by atoms with Gasteiger partial charge in [0.15, 0.2) is 5.69 Å². The molecule has 1 aromatic heterocycles. The molecule has 0 atom stereocenters. The fraction of sp³-hybridized carbons (Fsp3) is 0.100. The molecule has 0 amide bonds. The summed E-state index contributed by atoms with van der Waals surface area (Å²) < 4.78 is 39.1. The number of nitrogen functional groups attached to an aromatic ring is 1. The van der Waals surface area contributed by atoms with Crippen LogP contribution in [-0.4, -0.2) is 9.78 Å². The smallest absolute Gasteiger partial charge is 0.396 e. The van der Waals surface area contributed by atoms with Gasteiger partial charge in [0.1, 0.15) is 0 Å². The Labute approximate surface area is 110 Å². The number of anilines is 1. The number of benzene rings is 1. The summed E-state index contributed by atoms with van der Waals surface area (Å²) in [6.07, 6.45) is -3.69. The summed E-state index contributed by atoms with van der Waals surface area (Å²) in [7, 11) is 0. The quantitative estimate of drug-likeness (QED) is 0.870. The monoisotopic (exact) mass is 295 g/mol. The van der Waals surface area contributed by atoms with Gasteiger partial charge in [-0.15, -0.1) is 0 Å². The predicted octanol–water partition coefficient (Wildman–Crippen LogP) is 3.78. The second-order valence-electron chi connectivity index (χ2n) is 3.49. The second-order valence-corrected chi connectivity index (χ2v) is 4.36. The van der Waals surface area contributed by atoms with Gasteiger partial charge in [-0.25, -0.2) is 4.68 Å². The van der Waals surface area contributed by atoms with Gasteiger partial charge in [-0.2, -0.15) is 18.3 Å². The van der Waals surface area contributed by atoms with E-state index in [1.807, 2.05) is 0 Å². The third kappa shape index (κ3) is 2.39. The van der Waals surface area contributed by atoms with Gasteiger partial charge in [-0.3, -0.25) is 0 Å². The van der Waals surface area contributed by atoms with E-state index in [0.717, 1.165) is 6.20 Å². The van der Waals surface area contributed by atoms with Gasteiger partial charge in [0, 0.05) is 10.0 Å². The minimum Gasteiger partial charge on any atom is -0.396 e. The van der Waals surface area contributed by atoms with Gasteiger partial charge in [-0.05, 0) is 18.2 Å². The van der Waals surface area contributed by atoms with Crippen molar-refractivity contribution in [3.63, 3.8) is 0 Å². The van der Waals surface area contributed by atoms with E-state index in [-0.39, 0.29) is 15.7 Å². The van der Waals surface area contributed by atoms with E-state index in [2.05, 4.69) is 5.10 Å². The number of hydrogen-bond donors (Lipinski definition) is 1. The average molecular weight is 296 g/mol. The van der Waals surface area contributed by atoms with E-state index in [0.29, 0.717) is 4.68 Å². The van der Waals surface area contributed by atoms with Crippen molar-refractivity contribution >= 4 is 28.9 Å². The van der Waals surface area contributed by atoms with Crippen LogP contribution in [0, 0.1) is 0 Å². The molecule has 0 bridgehead atoms. The maximum atomic E-state index is 12.8. The molecule has 0 radical (unpaired) electrons. The highest BCUT2D eigenvalue weighted by molar-refractivity contribution is 6.34. The Morgan fingerprint density at radius 1 is 1.11 bits per heavy atom. The van der Waals surface area contributed by atoms with Gasteiger partial charge < -0.3 is 5.73 Å². The summed E-state index contributed by atoms with van der Waals surface area (Å²) in [5, 5.41) is 4.01. The highest BCUT2D eigenvalue weighted by atomic mass is 35.5. The molecule has 2 aromatic rings. The van der Waals surface area contributed by atoms with Crippen LogP contribution in [0.4, 0.5) is 18.9 Å². The van der Waals surface area contributed by atoms with Crippen molar-refractivity contribution in [1.29, 1.82) is 0 Å². The lowest BCUT2D eigenvalue weighted by molar-refractivity contribution is -0.142. The van der Waals surface area contributed by atoms with Gasteiger partial charge >= 0.3 is 6.18 Å². The molecule has 0 saturated carbocycles. The summed E-state index contributed by atoms with van der Waals surface area (Å²) in [5.74, 6) is 0. The summed E-state index contributed by atoms with van der Waals surface area (Å²) in [6, 6.07) is 4.04. The Morgan fingerprint density at radius 3 is 2.17 bits per heavy atom. The van der Waals surface area contributed by atoms with Crippen LogP contribution in [0.15, 0.2) is 24.4 Å². The van der Waals surface area contributed by atoms with E-state index in [1.165, 1.54) is 18.2 Å². The molecule has 18 heavy (non-hydrogen) atoms. The number of nitrogens with two attached hydrogens (primary N) is 1. The van der Waals surface area contributed by atoms with Crippen molar-refractivity contribution in [2.75, 3.05) is 5.73 Å². The minimum atomic E-state index is -4.62. The first-order valence-corrected chi connectivity index (χ1v) is 5.42. The van der Waals surface area contributed by atoms with Crippen molar-refractivity contribution in [2.45, 2.75) is 6.18 Å². The lowest BCUT2D eigenvalue weighted by Crippen LogP contribution is -2.15. The molecule has 0 aliphatic rings. The maximum Gasteiger partial charge on any atom is 0.435 e. The van der Waals surface area contributed by atoms with E-state index >= 15 is 0 Å². The largest absolute Gasteiger partial charge is 0.435 e. The summed E-state index contributed by atoms with van der Waals surface area (Å²) >= 11 is 11.5. The van der Waals surface area contributed by atoms with Crippen LogP contribution in [0.3, 0.4) is 0 Å². The first kappa shape index (κ1) is 13.0. The van der Waals surface area contributed by atoms with Crippen LogP contribution in [0.1, 0.15) is 5.69 Å². The zero-order valence-corrected chi connectivity index (χ0v) is 10.2. The van der Waals surface area contributed by atoms with Crippen LogP contribution in [0.5, 0.6) is 0 Å². The van der Waals surface area contributed by atoms with Crippen LogP contribution in [0.25, 0.3) is 5.69 Å². The standard InChI is InChI=1S/C10H6Cl2F3N3/c11-5-1-6(12)3-7(2-5)18-9(10(13,14)15)8(16)4-17-18/h1-4H,16H2. The van der Waals surface area contributed by atoms with Crippen LogP contribution < -0.4 is 5.73 Å². The van der Waals surface area contributed by atoms with E-state index < -0.39 is 17.6 Å². The Balaban J connectivity index is 2.65. The number of hydrogen-bond acceptors (Lipinski definition) is 2. The zero-order valence-electron chi connectivity index (χ0n) is 8.67. The molecule has 0 unspecified atom stereocenters. The molecule has 0 aliphatic carbocycles. The molecule has 96 valence electrons. The SMILES string of the molecule is Nc1cnn(-c2cc(Cl)cc(Cl)c2)c1C(F)(F)F. The third-order valence-electron chi connectivity index (χ3n) is 2.16. The van der Waals surface area contributed by atoms with Crippen molar-refractivity contribution < 1.29 is 13.2 Å². The first-order chi connectivity index (χ1) is 8.29. The fourth-order valence-electron chi connectivity index (χ4n) is 1.50. The minimum absolute atomic E-state index is 0.0940. The van der Waals surface area contributed by atoms with Gasteiger partial charge in [-0.1, -0.05) is 23.2 Å². The fourth-order valence-corrected chi connectivity index (χ4v) is 2.02. The second kappa shape index (κ2) is 4.37. The van der Waals surface area contributed by atoms with Crippen molar-refractivity contribution in [3.8, 4) is 5.69 Å². The number of alkyl halides is 3. The van der Waals surface area contributed by atoms with Gasteiger partial charge in [0.2, 0.25) is 0 Å². The molecule has 1 heterocycles. The van der Waals surface area contributed by atoms with Crippen molar-refractivity contribution in [1.82, 2.24) is 9.78 Å². The number of nitrogens with zero attached hydrogens (tertiary/aromatic N) is 2. The average Bonchev–Trinajstić information content (AvgIpc) is 2.57. The van der Waals surface area contributed by atoms with Crippen LogP contribution in [-0.2, 0) is 6.18 Å². The zero-order chi connectivity index (χ0) is 13.5. The maximum absolute atomic E-state index is 12.8. The van der Waals surface area contributed by atoms with Crippen LogP contribution in [0.2, 0.25) is 10.0 Å². The molecule has 2 rings (SSSR count). The van der Waals surface area contributed by atoms with Crippen molar-refractivity contribution in [2.24, 2.45) is 0 Å². The summed E-state index contributed by atoms with van der Waals surface area (Å²) in [4.78, 5) is 0. The lowest BCUT2D eigenvalue weighted by atomic mass is 10.3. The highest BCUT2D eigenvalue weighted by Crippen LogP contribution is 2.35. The molecule has 8 heteroatoms. The molecule has 0 spiro atoms. The van der Waals surface area contributed by atoms with Gasteiger partial charge in [0.05, 0.1) is 17.6 Å². The molecule has 0 saturated heterocycles. The number of rotatable bonds is 1. The lowest BCUT2D eigenvalue weighted by Gasteiger charge is -2.11.